The fraction of sp³-hybridized carbons (Fsp3) is 0.909. The average molecular weight is 244 g/mol. The molecule has 2 atom stereocenters. The number of nitrogens with one attached hydrogen (secondary N) is 2. The zero-order valence-electron chi connectivity index (χ0n) is 10.2. The van der Waals surface area contributed by atoms with Gasteiger partial charge in [0, 0.05) is 39.8 Å². The standard InChI is InChI=1S/C11H20N2O4/c1-15-11(2-4-16-8-11)7-13-10(14)9-6-12-3-5-17-9/h9,12H,2-8H2,1H3,(H,13,14). The summed E-state index contributed by atoms with van der Waals surface area (Å²) in [6.45, 7) is 3.65. The molecule has 6 heteroatoms. The molecule has 6 nitrogen and oxygen atoms in total. The van der Waals surface area contributed by atoms with Crippen LogP contribution in [0.3, 0.4) is 0 Å². The Labute approximate surface area is 101 Å². The molecule has 0 aliphatic carbocycles. The SMILES string of the molecule is COC1(CNC(=O)C2CNCCO2)CCOC1. The van der Waals surface area contributed by atoms with Crippen molar-refractivity contribution in [2.75, 3.05) is 46.6 Å². The van der Waals surface area contributed by atoms with Gasteiger partial charge in [-0.1, -0.05) is 0 Å². The molecule has 0 aromatic heterocycles. The van der Waals surface area contributed by atoms with Gasteiger partial charge in [-0.05, 0) is 0 Å². The van der Waals surface area contributed by atoms with Crippen LogP contribution in [0.2, 0.25) is 0 Å². The lowest BCUT2D eigenvalue weighted by Gasteiger charge is -2.28. The first-order valence-corrected chi connectivity index (χ1v) is 5.99. The molecule has 0 bridgehead atoms. The second-order valence-corrected chi connectivity index (χ2v) is 4.47. The molecule has 0 aromatic rings. The molecular weight excluding hydrogens is 224 g/mol. The van der Waals surface area contributed by atoms with E-state index in [1.807, 2.05) is 0 Å². The third kappa shape index (κ3) is 3.16. The fourth-order valence-corrected chi connectivity index (χ4v) is 2.06. The van der Waals surface area contributed by atoms with Crippen LogP contribution in [0.15, 0.2) is 0 Å². The van der Waals surface area contributed by atoms with Crippen molar-refractivity contribution in [3.05, 3.63) is 0 Å². The van der Waals surface area contributed by atoms with E-state index in [1.165, 1.54) is 0 Å². The zero-order chi connectivity index (χ0) is 12.1. The Kier molecular flexibility index (Phi) is 4.33. The third-order valence-electron chi connectivity index (χ3n) is 3.30. The Morgan fingerprint density at radius 3 is 3.06 bits per heavy atom. The number of hydrogen-bond donors (Lipinski definition) is 2. The Bertz CT molecular complexity index is 260. The van der Waals surface area contributed by atoms with Crippen LogP contribution < -0.4 is 10.6 Å². The minimum absolute atomic E-state index is 0.0828. The highest BCUT2D eigenvalue weighted by atomic mass is 16.5. The summed E-state index contributed by atoms with van der Waals surface area (Å²) in [5, 5.41) is 6.00. The summed E-state index contributed by atoms with van der Waals surface area (Å²) < 4.78 is 16.1. The molecule has 0 radical (unpaired) electrons. The molecule has 2 aliphatic rings. The highest BCUT2D eigenvalue weighted by Gasteiger charge is 2.36. The van der Waals surface area contributed by atoms with Crippen molar-refractivity contribution >= 4 is 5.91 Å². The van der Waals surface area contributed by atoms with Gasteiger partial charge < -0.3 is 24.8 Å². The topological polar surface area (TPSA) is 68.8 Å². The van der Waals surface area contributed by atoms with Crippen LogP contribution in [0, 0.1) is 0 Å². The Morgan fingerprint density at radius 1 is 1.59 bits per heavy atom. The lowest BCUT2D eigenvalue weighted by molar-refractivity contribution is -0.135. The van der Waals surface area contributed by atoms with E-state index in [0.717, 1.165) is 13.0 Å². The monoisotopic (exact) mass is 244 g/mol. The predicted molar refractivity (Wildman–Crippen MR) is 60.8 cm³/mol. The van der Waals surface area contributed by atoms with Crippen molar-refractivity contribution in [2.45, 2.75) is 18.1 Å². The normalized spacial score (nSPS) is 33.6. The molecule has 2 rings (SSSR count). The molecule has 0 spiro atoms. The van der Waals surface area contributed by atoms with E-state index in [0.29, 0.717) is 32.9 Å². The van der Waals surface area contributed by atoms with Gasteiger partial charge in [0.15, 0.2) is 0 Å². The number of morpholine rings is 1. The second-order valence-electron chi connectivity index (χ2n) is 4.47. The maximum Gasteiger partial charge on any atom is 0.250 e. The van der Waals surface area contributed by atoms with Crippen LogP contribution >= 0.6 is 0 Å². The molecule has 2 saturated heterocycles. The first kappa shape index (κ1) is 12.8. The van der Waals surface area contributed by atoms with Gasteiger partial charge in [-0.3, -0.25) is 4.79 Å². The van der Waals surface area contributed by atoms with Crippen LogP contribution in [0.5, 0.6) is 0 Å². The number of ether oxygens (including phenoxy) is 3. The maximum atomic E-state index is 11.8. The van der Waals surface area contributed by atoms with Gasteiger partial charge in [0.1, 0.15) is 11.7 Å². The lowest BCUT2D eigenvalue weighted by atomic mass is 10.0. The summed E-state index contributed by atoms with van der Waals surface area (Å²) in [6, 6.07) is 0. The molecule has 1 amide bonds. The number of amides is 1. The van der Waals surface area contributed by atoms with Crippen LogP contribution in [0.25, 0.3) is 0 Å². The summed E-state index contributed by atoms with van der Waals surface area (Å²) in [6.07, 6.45) is 0.424. The Balaban J connectivity index is 1.78. The quantitative estimate of drug-likeness (QED) is 0.657. The lowest BCUT2D eigenvalue weighted by Crippen LogP contribution is -2.52. The van der Waals surface area contributed by atoms with Crippen molar-refractivity contribution in [1.29, 1.82) is 0 Å². The Morgan fingerprint density at radius 2 is 2.47 bits per heavy atom. The summed E-state index contributed by atoms with van der Waals surface area (Å²) in [5.74, 6) is -0.0828. The van der Waals surface area contributed by atoms with E-state index in [4.69, 9.17) is 14.2 Å². The van der Waals surface area contributed by atoms with E-state index in [2.05, 4.69) is 10.6 Å². The minimum Gasteiger partial charge on any atom is -0.378 e. The van der Waals surface area contributed by atoms with E-state index >= 15 is 0 Å². The van der Waals surface area contributed by atoms with Gasteiger partial charge in [-0.25, -0.2) is 0 Å². The van der Waals surface area contributed by atoms with E-state index in [9.17, 15) is 4.79 Å². The van der Waals surface area contributed by atoms with Crippen LogP contribution in [0.1, 0.15) is 6.42 Å². The molecule has 0 saturated carbocycles. The number of hydrogen-bond acceptors (Lipinski definition) is 5. The largest absolute Gasteiger partial charge is 0.378 e. The molecule has 2 N–H and O–H groups in total. The van der Waals surface area contributed by atoms with E-state index < -0.39 is 0 Å². The average Bonchev–Trinajstić information content (AvgIpc) is 2.86. The van der Waals surface area contributed by atoms with Crippen LogP contribution in [-0.4, -0.2) is 64.2 Å². The van der Waals surface area contributed by atoms with E-state index in [1.54, 1.807) is 7.11 Å². The van der Waals surface area contributed by atoms with Gasteiger partial charge in [-0.2, -0.15) is 0 Å². The smallest absolute Gasteiger partial charge is 0.250 e. The molecule has 0 aromatic carbocycles. The van der Waals surface area contributed by atoms with Crippen LogP contribution in [-0.2, 0) is 19.0 Å². The predicted octanol–water partition coefficient (Wildman–Crippen LogP) is -1.10. The number of rotatable bonds is 4. The molecule has 2 heterocycles. The third-order valence-corrected chi connectivity index (χ3v) is 3.30. The van der Waals surface area contributed by atoms with Crippen molar-refractivity contribution in [3.8, 4) is 0 Å². The number of carbonyl (C=O) groups is 1. The van der Waals surface area contributed by atoms with Gasteiger partial charge in [0.2, 0.25) is 0 Å². The summed E-state index contributed by atoms with van der Waals surface area (Å²) in [7, 11) is 1.65. The van der Waals surface area contributed by atoms with Gasteiger partial charge >= 0.3 is 0 Å². The number of carbonyl (C=O) groups excluding carboxylic acids is 1. The first-order valence-electron chi connectivity index (χ1n) is 5.99. The van der Waals surface area contributed by atoms with Crippen LogP contribution in [0.4, 0.5) is 0 Å². The van der Waals surface area contributed by atoms with Crippen molar-refractivity contribution in [1.82, 2.24) is 10.6 Å². The molecule has 17 heavy (non-hydrogen) atoms. The summed E-state index contributed by atoms with van der Waals surface area (Å²) >= 11 is 0. The molecule has 2 unspecified atom stereocenters. The fourth-order valence-electron chi connectivity index (χ4n) is 2.06. The molecule has 2 aliphatic heterocycles. The second kappa shape index (κ2) is 5.77. The van der Waals surface area contributed by atoms with Gasteiger partial charge in [0.25, 0.3) is 5.91 Å². The Hall–Kier alpha value is -0.690. The molecule has 2 fully saturated rings. The minimum atomic E-state index is -0.389. The highest BCUT2D eigenvalue weighted by molar-refractivity contribution is 5.81. The summed E-state index contributed by atoms with van der Waals surface area (Å²) in [5.41, 5.74) is -0.363. The zero-order valence-corrected chi connectivity index (χ0v) is 10.2. The van der Waals surface area contributed by atoms with Crippen molar-refractivity contribution in [3.63, 3.8) is 0 Å². The highest BCUT2D eigenvalue weighted by Crippen LogP contribution is 2.21. The molecule has 98 valence electrons. The van der Waals surface area contributed by atoms with Gasteiger partial charge in [0.05, 0.1) is 13.2 Å². The summed E-state index contributed by atoms with van der Waals surface area (Å²) in [4.78, 5) is 11.8. The van der Waals surface area contributed by atoms with Crippen molar-refractivity contribution < 1.29 is 19.0 Å². The molecular formula is C11H20N2O4. The van der Waals surface area contributed by atoms with Crippen molar-refractivity contribution in [2.24, 2.45) is 0 Å². The van der Waals surface area contributed by atoms with E-state index in [-0.39, 0.29) is 17.6 Å². The number of methoxy groups -OCH3 is 1. The maximum absolute atomic E-state index is 11.8. The van der Waals surface area contributed by atoms with Gasteiger partial charge in [-0.15, -0.1) is 0 Å². The first-order chi connectivity index (χ1) is 8.26.